The van der Waals surface area contributed by atoms with Gasteiger partial charge in [0.15, 0.2) is 0 Å². The summed E-state index contributed by atoms with van der Waals surface area (Å²) in [4.78, 5) is 22.3. The predicted molar refractivity (Wildman–Crippen MR) is 72.9 cm³/mol. The van der Waals surface area contributed by atoms with E-state index >= 15 is 0 Å². The first-order valence-electron chi connectivity index (χ1n) is 6.64. The number of ether oxygens (including phenoxy) is 1. The third-order valence-corrected chi connectivity index (χ3v) is 3.13. The van der Waals surface area contributed by atoms with Gasteiger partial charge in [0, 0.05) is 13.1 Å². The molecule has 0 saturated carbocycles. The van der Waals surface area contributed by atoms with Crippen LogP contribution in [0.4, 0.5) is 0 Å². The van der Waals surface area contributed by atoms with Crippen LogP contribution in [0.15, 0.2) is 24.3 Å². The van der Waals surface area contributed by atoms with Crippen molar-refractivity contribution in [1.29, 1.82) is 0 Å². The van der Waals surface area contributed by atoms with Crippen LogP contribution in [0.25, 0.3) is 0 Å². The molecule has 108 valence electrons. The highest BCUT2D eigenvalue weighted by Gasteiger charge is 2.20. The number of amides is 1. The summed E-state index contributed by atoms with van der Waals surface area (Å²) in [5, 5.41) is 14.8. The molecule has 3 N–H and O–H groups in total. The minimum Gasteiger partial charge on any atom is -0.492 e. The first-order chi connectivity index (χ1) is 9.66. The van der Waals surface area contributed by atoms with Gasteiger partial charge in [0.2, 0.25) is 5.91 Å². The van der Waals surface area contributed by atoms with Gasteiger partial charge in [-0.2, -0.15) is 0 Å². The molecule has 0 bridgehead atoms. The first-order valence-corrected chi connectivity index (χ1v) is 6.64. The predicted octanol–water partition coefficient (Wildman–Crippen LogP) is 0.632. The summed E-state index contributed by atoms with van der Waals surface area (Å²) in [6.07, 6.45) is 1.81. The third-order valence-electron chi connectivity index (χ3n) is 3.13. The molecule has 0 spiro atoms. The van der Waals surface area contributed by atoms with Crippen molar-refractivity contribution >= 4 is 11.9 Å². The lowest BCUT2D eigenvalue weighted by Gasteiger charge is -2.22. The van der Waals surface area contributed by atoms with Crippen molar-refractivity contribution in [3.63, 3.8) is 0 Å². The van der Waals surface area contributed by atoms with Gasteiger partial charge in [-0.3, -0.25) is 4.79 Å². The Kier molecular flexibility index (Phi) is 4.95. The number of aromatic carboxylic acids is 1. The van der Waals surface area contributed by atoms with Crippen LogP contribution in [0.3, 0.4) is 0 Å². The van der Waals surface area contributed by atoms with Gasteiger partial charge in [-0.15, -0.1) is 0 Å². The Bertz CT molecular complexity index is 490. The molecule has 6 heteroatoms. The van der Waals surface area contributed by atoms with Crippen LogP contribution >= 0.6 is 0 Å². The molecular weight excluding hydrogens is 260 g/mol. The molecular formula is C14H18N2O4. The quantitative estimate of drug-likeness (QED) is 0.664. The topological polar surface area (TPSA) is 87.7 Å². The zero-order valence-electron chi connectivity index (χ0n) is 11.1. The molecule has 1 saturated heterocycles. The molecule has 0 radical (unpaired) electrons. The van der Waals surface area contributed by atoms with E-state index in [0.717, 1.165) is 19.4 Å². The Morgan fingerprint density at radius 3 is 3.10 bits per heavy atom. The van der Waals surface area contributed by atoms with Crippen LogP contribution in [0.2, 0.25) is 0 Å². The van der Waals surface area contributed by atoms with Crippen molar-refractivity contribution in [2.24, 2.45) is 0 Å². The number of hydrogen-bond acceptors (Lipinski definition) is 4. The lowest BCUT2D eigenvalue weighted by Crippen LogP contribution is -2.49. The van der Waals surface area contributed by atoms with E-state index in [1.807, 2.05) is 0 Å². The maximum atomic E-state index is 11.5. The zero-order chi connectivity index (χ0) is 14.4. The van der Waals surface area contributed by atoms with E-state index in [2.05, 4.69) is 10.6 Å². The smallest absolute Gasteiger partial charge is 0.335 e. The first kappa shape index (κ1) is 14.3. The summed E-state index contributed by atoms with van der Waals surface area (Å²) >= 11 is 0. The number of rotatable bonds is 6. The summed E-state index contributed by atoms with van der Waals surface area (Å²) in [5.41, 5.74) is 0.196. The second kappa shape index (κ2) is 6.91. The number of benzene rings is 1. The fraction of sp³-hybridized carbons (Fsp3) is 0.429. The normalized spacial score (nSPS) is 18.4. The number of carbonyl (C=O) groups excluding carboxylic acids is 1. The number of carboxylic acid groups (broad SMARTS) is 1. The maximum absolute atomic E-state index is 11.5. The molecule has 6 nitrogen and oxygen atoms in total. The van der Waals surface area contributed by atoms with Gasteiger partial charge in [-0.05, 0) is 31.0 Å². The third kappa shape index (κ3) is 3.96. The van der Waals surface area contributed by atoms with Crippen LogP contribution in [0.5, 0.6) is 5.75 Å². The maximum Gasteiger partial charge on any atom is 0.335 e. The highest BCUT2D eigenvalue weighted by atomic mass is 16.5. The van der Waals surface area contributed by atoms with Gasteiger partial charge in [0.05, 0.1) is 11.6 Å². The monoisotopic (exact) mass is 278 g/mol. The van der Waals surface area contributed by atoms with Gasteiger partial charge in [0.25, 0.3) is 0 Å². The minimum absolute atomic E-state index is 0.0316. The molecule has 1 aromatic carbocycles. The molecule has 0 aromatic heterocycles. The summed E-state index contributed by atoms with van der Waals surface area (Å²) in [6.45, 7) is 1.66. The van der Waals surface area contributed by atoms with Crippen LogP contribution in [-0.2, 0) is 4.79 Å². The van der Waals surface area contributed by atoms with E-state index in [1.54, 1.807) is 12.1 Å². The number of piperidine rings is 1. The van der Waals surface area contributed by atoms with Crippen molar-refractivity contribution in [2.45, 2.75) is 18.9 Å². The van der Waals surface area contributed by atoms with E-state index in [1.165, 1.54) is 12.1 Å². The Balaban J connectivity index is 1.74. The van der Waals surface area contributed by atoms with E-state index in [4.69, 9.17) is 9.84 Å². The Morgan fingerprint density at radius 2 is 2.35 bits per heavy atom. The highest BCUT2D eigenvalue weighted by Crippen LogP contribution is 2.13. The van der Waals surface area contributed by atoms with Crippen LogP contribution < -0.4 is 15.4 Å². The molecule has 1 aromatic rings. The fourth-order valence-electron chi connectivity index (χ4n) is 2.09. The van der Waals surface area contributed by atoms with Crippen molar-refractivity contribution in [1.82, 2.24) is 10.6 Å². The van der Waals surface area contributed by atoms with Crippen molar-refractivity contribution in [3.8, 4) is 5.75 Å². The summed E-state index contributed by atoms with van der Waals surface area (Å²) in [7, 11) is 0. The highest BCUT2D eigenvalue weighted by molar-refractivity contribution is 5.88. The second-order valence-electron chi connectivity index (χ2n) is 4.62. The number of nitrogens with one attached hydrogen (secondary N) is 2. The van der Waals surface area contributed by atoms with Crippen molar-refractivity contribution < 1.29 is 19.4 Å². The number of hydrogen-bond donors (Lipinski definition) is 3. The lowest BCUT2D eigenvalue weighted by molar-refractivity contribution is -0.124. The molecule has 0 aliphatic carbocycles. The molecule has 1 unspecified atom stereocenters. The Labute approximate surface area is 117 Å². The van der Waals surface area contributed by atoms with Gasteiger partial charge >= 0.3 is 5.97 Å². The largest absolute Gasteiger partial charge is 0.492 e. The number of carbonyl (C=O) groups is 2. The van der Waals surface area contributed by atoms with E-state index in [0.29, 0.717) is 18.9 Å². The second-order valence-corrected chi connectivity index (χ2v) is 4.62. The van der Waals surface area contributed by atoms with Crippen molar-refractivity contribution in [3.05, 3.63) is 29.8 Å². The van der Waals surface area contributed by atoms with Crippen LogP contribution in [0, 0.1) is 0 Å². The summed E-state index contributed by atoms with van der Waals surface area (Å²) in [6, 6.07) is 6.19. The van der Waals surface area contributed by atoms with Crippen molar-refractivity contribution in [2.75, 3.05) is 19.7 Å². The lowest BCUT2D eigenvalue weighted by atomic mass is 10.1. The van der Waals surface area contributed by atoms with Gasteiger partial charge in [-0.1, -0.05) is 6.07 Å². The molecule has 1 fully saturated rings. The minimum atomic E-state index is -0.979. The molecule has 20 heavy (non-hydrogen) atoms. The molecule has 2 rings (SSSR count). The SMILES string of the molecule is O=C(O)c1cccc(OCCNC2CCCNC2=O)c1. The molecule has 1 amide bonds. The average molecular weight is 278 g/mol. The van der Waals surface area contributed by atoms with Crippen LogP contribution in [0.1, 0.15) is 23.2 Å². The van der Waals surface area contributed by atoms with E-state index in [9.17, 15) is 9.59 Å². The van der Waals surface area contributed by atoms with E-state index < -0.39 is 5.97 Å². The van der Waals surface area contributed by atoms with Gasteiger partial charge in [-0.25, -0.2) is 4.79 Å². The average Bonchev–Trinajstić information content (AvgIpc) is 2.45. The van der Waals surface area contributed by atoms with Gasteiger partial charge in [0.1, 0.15) is 12.4 Å². The fourth-order valence-corrected chi connectivity index (χ4v) is 2.09. The molecule has 1 aliphatic rings. The Hall–Kier alpha value is -2.08. The molecule has 1 heterocycles. The van der Waals surface area contributed by atoms with E-state index in [-0.39, 0.29) is 17.5 Å². The summed E-state index contributed by atoms with van der Waals surface area (Å²) in [5.74, 6) is -0.434. The molecule has 1 aliphatic heterocycles. The van der Waals surface area contributed by atoms with Crippen LogP contribution in [-0.4, -0.2) is 42.7 Å². The molecule has 1 atom stereocenters. The van der Waals surface area contributed by atoms with Gasteiger partial charge < -0.3 is 20.5 Å². The number of carboxylic acids is 1. The summed E-state index contributed by atoms with van der Waals surface area (Å²) < 4.78 is 5.47. The standard InChI is InChI=1S/C14H18N2O4/c17-13-12(5-2-6-16-13)15-7-8-20-11-4-1-3-10(9-11)14(18)19/h1,3-4,9,12,15H,2,5-8H2,(H,16,17)(H,18,19). The zero-order valence-corrected chi connectivity index (χ0v) is 11.1. The Morgan fingerprint density at radius 1 is 1.50 bits per heavy atom.